The summed E-state index contributed by atoms with van der Waals surface area (Å²) in [5, 5.41) is 3.70. The van der Waals surface area contributed by atoms with Crippen LogP contribution >= 0.6 is 11.6 Å². The zero-order chi connectivity index (χ0) is 23.4. The van der Waals surface area contributed by atoms with Crippen LogP contribution in [0.4, 0.5) is 14.9 Å². The zero-order valence-electron chi connectivity index (χ0n) is 18.8. The summed E-state index contributed by atoms with van der Waals surface area (Å²) in [4.78, 5) is 33.9. The number of carbonyl (C=O) groups is 2. The van der Waals surface area contributed by atoms with Gasteiger partial charge in [-0.25, -0.2) is 9.18 Å². The van der Waals surface area contributed by atoms with Crippen molar-refractivity contribution >= 4 is 29.2 Å². The lowest BCUT2D eigenvalue weighted by Crippen LogP contribution is -2.66. The van der Waals surface area contributed by atoms with Crippen LogP contribution in [-0.4, -0.2) is 65.3 Å². The summed E-state index contributed by atoms with van der Waals surface area (Å²) in [5.74, 6) is -0.560. The van der Waals surface area contributed by atoms with Crippen LogP contribution in [0.5, 0.6) is 0 Å². The molecule has 0 spiro atoms. The van der Waals surface area contributed by atoms with E-state index in [1.165, 1.54) is 17.0 Å². The number of amides is 3. The number of nitrogens with zero attached hydrogens (tertiary/aromatic N) is 4. The molecule has 7 nitrogen and oxygen atoms in total. The summed E-state index contributed by atoms with van der Waals surface area (Å²) in [6.45, 7) is 5.55. The van der Waals surface area contributed by atoms with E-state index in [0.29, 0.717) is 12.5 Å². The van der Waals surface area contributed by atoms with E-state index in [1.807, 2.05) is 6.07 Å². The molecule has 5 rings (SSSR count). The molecule has 33 heavy (non-hydrogen) atoms. The zero-order valence-corrected chi connectivity index (χ0v) is 19.6. The van der Waals surface area contributed by atoms with Crippen LogP contribution in [0.2, 0.25) is 5.02 Å². The average Bonchev–Trinajstić information content (AvgIpc) is 3.16. The van der Waals surface area contributed by atoms with Crippen LogP contribution in [0.25, 0.3) is 0 Å². The maximum Gasteiger partial charge on any atom is 0.328 e. The number of likely N-dealkylation sites (N-methyl/N-ethyl adjacent to an activating group) is 1. The SMILES string of the molecule is Cc1cccc(N2CC(C)CN3C4C(=O)N(Cc5c(F)cccc5Cl)C(=O)N(C)C4NC23)c1. The van der Waals surface area contributed by atoms with Crippen LogP contribution in [-0.2, 0) is 11.3 Å². The molecule has 1 N–H and O–H groups in total. The molecule has 2 aromatic rings. The molecule has 3 aliphatic heterocycles. The van der Waals surface area contributed by atoms with Gasteiger partial charge in [0.05, 0.1) is 6.54 Å². The largest absolute Gasteiger partial charge is 0.343 e. The van der Waals surface area contributed by atoms with Gasteiger partial charge in [-0.05, 0) is 42.7 Å². The third-order valence-corrected chi connectivity index (χ3v) is 7.15. The first-order chi connectivity index (χ1) is 15.8. The van der Waals surface area contributed by atoms with Crippen molar-refractivity contribution in [3.05, 3.63) is 64.4 Å². The smallest absolute Gasteiger partial charge is 0.328 e. The van der Waals surface area contributed by atoms with Gasteiger partial charge < -0.3 is 9.80 Å². The number of aryl methyl sites for hydroxylation is 1. The lowest BCUT2D eigenvalue weighted by atomic mass is 10.0. The highest BCUT2D eigenvalue weighted by molar-refractivity contribution is 6.31. The Morgan fingerprint density at radius 2 is 1.91 bits per heavy atom. The number of hydrogen-bond acceptors (Lipinski definition) is 5. The second kappa shape index (κ2) is 8.27. The molecule has 3 amide bonds. The van der Waals surface area contributed by atoms with Crippen molar-refractivity contribution < 1.29 is 14.0 Å². The van der Waals surface area contributed by atoms with Crippen LogP contribution in [0.3, 0.4) is 0 Å². The maximum atomic E-state index is 14.4. The van der Waals surface area contributed by atoms with Crippen molar-refractivity contribution in [2.75, 3.05) is 25.0 Å². The maximum absolute atomic E-state index is 14.4. The van der Waals surface area contributed by atoms with Gasteiger partial charge in [-0.2, -0.15) is 0 Å². The fraction of sp³-hybridized carbons (Fsp3) is 0.417. The number of imide groups is 1. The molecule has 2 aromatic carbocycles. The molecule has 0 radical (unpaired) electrons. The van der Waals surface area contributed by atoms with Crippen LogP contribution in [0.1, 0.15) is 18.1 Å². The molecule has 3 fully saturated rings. The van der Waals surface area contributed by atoms with E-state index in [2.05, 4.69) is 47.2 Å². The van der Waals surface area contributed by atoms with E-state index in [9.17, 15) is 14.0 Å². The minimum Gasteiger partial charge on any atom is -0.343 e. The molecular formula is C24H27ClFN5O2. The fourth-order valence-corrected chi connectivity index (χ4v) is 5.44. The molecule has 0 aromatic heterocycles. The first-order valence-corrected chi connectivity index (χ1v) is 11.5. The third-order valence-electron chi connectivity index (χ3n) is 6.80. The number of nitrogens with one attached hydrogen (secondary N) is 1. The number of carbonyl (C=O) groups excluding carboxylic acids is 2. The van der Waals surface area contributed by atoms with E-state index in [-0.39, 0.29) is 29.3 Å². The normalized spacial score (nSPS) is 27.7. The molecule has 3 heterocycles. The van der Waals surface area contributed by atoms with E-state index in [1.54, 1.807) is 13.1 Å². The number of hydrogen-bond donors (Lipinski definition) is 1. The molecule has 4 unspecified atom stereocenters. The summed E-state index contributed by atoms with van der Waals surface area (Å²) < 4.78 is 14.4. The Labute approximate surface area is 197 Å². The number of halogens is 2. The van der Waals surface area contributed by atoms with Gasteiger partial charge in [-0.1, -0.05) is 36.7 Å². The van der Waals surface area contributed by atoms with Gasteiger partial charge >= 0.3 is 6.03 Å². The summed E-state index contributed by atoms with van der Waals surface area (Å²) in [5.41, 5.74) is 2.37. The van der Waals surface area contributed by atoms with Gasteiger partial charge in [-0.3, -0.25) is 19.9 Å². The molecular weight excluding hydrogens is 445 g/mol. The predicted octanol–water partition coefficient (Wildman–Crippen LogP) is 3.22. The number of fused-ring (bicyclic) bond motifs is 3. The van der Waals surface area contributed by atoms with E-state index in [4.69, 9.17) is 11.6 Å². The first-order valence-electron chi connectivity index (χ1n) is 11.1. The Morgan fingerprint density at radius 3 is 2.64 bits per heavy atom. The lowest BCUT2D eigenvalue weighted by Gasteiger charge is -2.46. The average molecular weight is 472 g/mol. The van der Waals surface area contributed by atoms with Crippen molar-refractivity contribution in [2.45, 2.75) is 38.9 Å². The highest BCUT2D eigenvalue weighted by atomic mass is 35.5. The second-order valence-electron chi connectivity index (χ2n) is 9.24. The monoisotopic (exact) mass is 471 g/mol. The Hall–Kier alpha value is -2.68. The van der Waals surface area contributed by atoms with Crippen molar-refractivity contribution in [3.8, 4) is 0 Å². The van der Waals surface area contributed by atoms with Gasteiger partial charge in [0.1, 0.15) is 24.3 Å². The van der Waals surface area contributed by atoms with Crippen LogP contribution < -0.4 is 10.2 Å². The number of urea groups is 1. The van der Waals surface area contributed by atoms with Crippen LogP contribution in [0, 0.1) is 18.7 Å². The molecule has 4 atom stereocenters. The topological polar surface area (TPSA) is 59.1 Å². The van der Waals surface area contributed by atoms with Gasteiger partial charge in [0.15, 0.2) is 0 Å². The molecule has 174 valence electrons. The summed E-state index contributed by atoms with van der Waals surface area (Å²) >= 11 is 6.19. The van der Waals surface area contributed by atoms with E-state index < -0.39 is 24.1 Å². The minimum absolute atomic E-state index is 0.142. The Morgan fingerprint density at radius 1 is 1.15 bits per heavy atom. The van der Waals surface area contributed by atoms with Crippen molar-refractivity contribution in [1.82, 2.24) is 20.0 Å². The number of benzene rings is 2. The third kappa shape index (κ3) is 3.66. The summed E-state index contributed by atoms with van der Waals surface area (Å²) in [6.07, 6.45) is -0.700. The van der Waals surface area contributed by atoms with Gasteiger partial charge in [0.25, 0.3) is 5.91 Å². The van der Waals surface area contributed by atoms with Gasteiger partial charge in [0.2, 0.25) is 0 Å². The standard InChI is InChI=1S/C24H27ClFN5O2/c1-14-6-4-7-16(10-14)29-11-15(2)12-30-20-21(27-23(29)30)28(3)24(33)31(22(20)32)13-17-18(25)8-5-9-19(17)26/h4-10,15,20-21,23,27H,11-13H2,1-3H3. The lowest BCUT2D eigenvalue weighted by molar-refractivity contribution is -0.139. The van der Waals surface area contributed by atoms with Crippen molar-refractivity contribution in [3.63, 3.8) is 0 Å². The van der Waals surface area contributed by atoms with Gasteiger partial charge in [0, 0.05) is 36.4 Å². The number of anilines is 1. The van der Waals surface area contributed by atoms with Gasteiger partial charge in [-0.15, -0.1) is 0 Å². The van der Waals surface area contributed by atoms with Crippen molar-refractivity contribution in [2.24, 2.45) is 5.92 Å². The summed E-state index contributed by atoms with van der Waals surface area (Å²) in [6, 6.07) is 11.6. The molecule has 0 bridgehead atoms. The fourth-order valence-electron chi connectivity index (χ4n) is 5.21. The Kier molecular flexibility index (Phi) is 5.55. The molecule has 3 aliphatic rings. The molecule has 3 saturated heterocycles. The second-order valence-corrected chi connectivity index (χ2v) is 9.65. The number of rotatable bonds is 3. The van der Waals surface area contributed by atoms with E-state index in [0.717, 1.165) is 22.7 Å². The van der Waals surface area contributed by atoms with Crippen LogP contribution in [0.15, 0.2) is 42.5 Å². The molecule has 9 heteroatoms. The molecule has 0 saturated carbocycles. The Balaban J connectivity index is 1.48. The van der Waals surface area contributed by atoms with Crippen molar-refractivity contribution in [1.29, 1.82) is 0 Å². The first kappa shape index (κ1) is 22.1. The summed E-state index contributed by atoms with van der Waals surface area (Å²) in [7, 11) is 1.67. The highest BCUT2D eigenvalue weighted by Crippen LogP contribution is 2.35. The van der Waals surface area contributed by atoms with E-state index >= 15 is 0 Å². The quantitative estimate of drug-likeness (QED) is 0.745. The highest BCUT2D eigenvalue weighted by Gasteiger charge is 2.56. The Bertz CT molecular complexity index is 1090. The predicted molar refractivity (Wildman–Crippen MR) is 124 cm³/mol. The molecule has 0 aliphatic carbocycles. The minimum atomic E-state index is -0.571.